The van der Waals surface area contributed by atoms with Crippen molar-refractivity contribution in [3.05, 3.63) is 57.8 Å². The Balaban J connectivity index is 1.87. The van der Waals surface area contributed by atoms with Gasteiger partial charge in [0, 0.05) is 18.9 Å². The van der Waals surface area contributed by atoms with Gasteiger partial charge in [0.25, 0.3) is 5.91 Å². The second kappa shape index (κ2) is 5.82. The van der Waals surface area contributed by atoms with Crippen molar-refractivity contribution in [2.75, 3.05) is 5.32 Å². The van der Waals surface area contributed by atoms with Gasteiger partial charge in [-0.25, -0.2) is 9.50 Å². The van der Waals surface area contributed by atoms with Gasteiger partial charge in [-0.15, -0.1) is 5.10 Å². The molecule has 112 valence electrons. The quantitative estimate of drug-likeness (QED) is 0.767. The maximum Gasteiger partial charge on any atom is 0.252 e. The van der Waals surface area contributed by atoms with Gasteiger partial charge in [-0.1, -0.05) is 29.3 Å². The monoisotopic (exact) mass is 335 g/mol. The number of carbonyl (C=O) groups excluding carboxylic acids is 1. The van der Waals surface area contributed by atoms with E-state index in [1.807, 2.05) is 6.07 Å². The van der Waals surface area contributed by atoms with E-state index in [4.69, 9.17) is 28.9 Å². The highest BCUT2D eigenvalue weighted by Gasteiger charge is 2.11. The molecule has 0 bridgehead atoms. The lowest BCUT2D eigenvalue weighted by atomic mass is 10.2. The summed E-state index contributed by atoms with van der Waals surface area (Å²) in [6.45, 7) is 0.474. The van der Waals surface area contributed by atoms with E-state index in [-0.39, 0.29) is 0 Å². The topological polar surface area (TPSA) is 85.3 Å². The van der Waals surface area contributed by atoms with Gasteiger partial charge in [0.15, 0.2) is 5.65 Å². The first-order valence-corrected chi connectivity index (χ1v) is 7.12. The average molecular weight is 336 g/mol. The highest BCUT2D eigenvalue weighted by atomic mass is 35.5. The molecular formula is C14H11Cl2N5O. The first-order valence-electron chi connectivity index (χ1n) is 6.36. The maximum atomic E-state index is 11.5. The van der Waals surface area contributed by atoms with Gasteiger partial charge in [-0.2, -0.15) is 0 Å². The molecule has 0 spiro atoms. The fourth-order valence-corrected chi connectivity index (χ4v) is 2.35. The van der Waals surface area contributed by atoms with Crippen LogP contribution in [-0.2, 0) is 6.54 Å². The average Bonchev–Trinajstić information content (AvgIpc) is 2.95. The fraction of sp³-hybridized carbons (Fsp3) is 0.0714. The first kappa shape index (κ1) is 14.6. The van der Waals surface area contributed by atoms with Gasteiger partial charge >= 0.3 is 0 Å². The summed E-state index contributed by atoms with van der Waals surface area (Å²) in [5.74, 6) is -0.0541. The predicted octanol–water partition coefficient (Wildman–Crippen LogP) is 2.75. The summed E-state index contributed by atoms with van der Waals surface area (Å²) in [6, 6.07) is 6.91. The Kier molecular flexibility index (Phi) is 3.87. The van der Waals surface area contributed by atoms with Crippen molar-refractivity contribution < 1.29 is 4.79 Å². The van der Waals surface area contributed by atoms with Crippen molar-refractivity contribution in [2.45, 2.75) is 6.54 Å². The van der Waals surface area contributed by atoms with Crippen LogP contribution in [0.25, 0.3) is 5.65 Å². The van der Waals surface area contributed by atoms with E-state index in [2.05, 4.69) is 15.4 Å². The van der Waals surface area contributed by atoms with Crippen LogP contribution < -0.4 is 11.1 Å². The molecule has 0 aliphatic carbocycles. The number of hydrogen-bond acceptors (Lipinski definition) is 4. The van der Waals surface area contributed by atoms with Gasteiger partial charge in [0.2, 0.25) is 0 Å². The summed E-state index contributed by atoms with van der Waals surface area (Å²) in [4.78, 5) is 15.6. The maximum absolute atomic E-state index is 11.5. The minimum absolute atomic E-state index is 0.302. The van der Waals surface area contributed by atoms with Crippen LogP contribution in [0.2, 0.25) is 10.0 Å². The van der Waals surface area contributed by atoms with E-state index >= 15 is 0 Å². The number of nitrogens with one attached hydrogen (secondary N) is 1. The molecular weight excluding hydrogens is 325 g/mol. The number of amides is 1. The number of anilines is 1. The smallest absolute Gasteiger partial charge is 0.252 e. The van der Waals surface area contributed by atoms with E-state index in [1.54, 1.807) is 30.6 Å². The molecule has 3 rings (SSSR count). The van der Waals surface area contributed by atoms with E-state index in [9.17, 15) is 4.79 Å². The Labute approximate surface area is 135 Å². The Morgan fingerprint density at radius 1 is 1.27 bits per heavy atom. The third kappa shape index (κ3) is 2.84. The fourth-order valence-electron chi connectivity index (χ4n) is 2.03. The molecule has 0 radical (unpaired) electrons. The van der Waals surface area contributed by atoms with E-state index in [0.717, 1.165) is 5.56 Å². The number of aromatic nitrogens is 3. The Morgan fingerprint density at radius 3 is 2.82 bits per heavy atom. The van der Waals surface area contributed by atoms with Gasteiger partial charge in [-0.05, 0) is 23.8 Å². The molecule has 0 saturated carbocycles. The number of imidazole rings is 1. The SMILES string of the molecule is NC(=O)c1cc(NCc2ccc(Cl)c(Cl)c2)nn2ccnc12. The summed E-state index contributed by atoms with van der Waals surface area (Å²) < 4.78 is 1.50. The third-order valence-corrected chi connectivity index (χ3v) is 3.82. The van der Waals surface area contributed by atoms with Crippen LogP contribution in [0, 0.1) is 0 Å². The van der Waals surface area contributed by atoms with Crippen LogP contribution in [0.4, 0.5) is 5.82 Å². The number of rotatable bonds is 4. The van der Waals surface area contributed by atoms with Gasteiger partial charge in [0.1, 0.15) is 5.82 Å². The lowest BCUT2D eigenvalue weighted by Gasteiger charge is -2.08. The van der Waals surface area contributed by atoms with E-state index in [0.29, 0.717) is 33.6 Å². The number of fused-ring (bicyclic) bond motifs is 1. The van der Waals surface area contributed by atoms with Crippen molar-refractivity contribution in [2.24, 2.45) is 5.73 Å². The Morgan fingerprint density at radius 2 is 2.09 bits per heavy atom. The molecule has 2 heterocycles. The normalized spacial score (nSPS) is 10.8. The highest BCUT2D eigenvalue weighted by molar-refractivity contribution is 6.42. The zero-order valence-corrected chi connectivity index (χ0v) is 12.8. The molecule has 1 aromatic carbocycles. The van der Waals surface area contributed by atoms with Gasteiger partial charge in [-0.3, -0.25) is 4.79 Å². The van der Waals surface area contributed by atoms with Crippen molar-refractivity contribution >= 4 is 40.6 Å². The van der Waals surface area contributed by atoms with Crippen LogP contribution in [0.5, 0.6) is 0 Å². The summed E-state index contributed by atoms with van der Waals surface area (Å²) in [5.41, 5.74) is 7.03. The summed E-state index contributed by atoms with van der Waals surface area (Å²) in [5, 5.41) is 8.41. The molecule has 0 aliphatic heterocycles. The van der Waals surface area contributed by atoms with Crippen LogP contribution in [0.15, 0.2) is 36.7 Å². The van der Waals surface area contributed by atoms with Gasteiger partial charge in [0.05, 0.1) is 15.6 Å². The molecule has 3 N–H and O–H groups in total. The van der Waals surface area contributed by atoms with Crippen molar-refractivity contribution in [1.29, 1.82) is 0 Å². The third-order valence-electron chi connectivity index (χ3n) is 3.08. The molecule has 0 fully saturated rings. The zero-order chi connectivity index (χ0) is 15.7. The number of halogens is 2. The minimum Gasteiger partial charge on any atom is -0.365 e. The van der Waals surface area contributed by atoms with Crippen LogP contribution in [0.1, 0.15) is 15.9 Å². The molecule has 6 nitrogen and oxygen atoms in total. The Hall–Kier alpha value is -2.31. The Bertz CT molecular complexity index is 862. The van der Waals surface area contributed by atoms with Crippen molar-refractivity contribution in [3.8, 4) is 0 Å². The van der Waals surface area contributed by atoms with Crippen LogP contribution in [0.3, 0.4) is 0 Å². The minimum atomic E-state index is -0.559. The molecule has 0 saturated heterocycles. The summed E-state index contributed by atoms with van der Waals surface area (Å²) in [6.07, 6.45) is 3.20. The van der Waals surface area contributed by atoms with Crippen molar-refractivity contribution in [3.63, 3.8) is 0 Å². The molecule has 22 heavy (non-hydrogen) atoms. The lowest BCUT2D eigenvalue weighted by Crippen LogP contribution is -2.15. The lowest BCUT2D eigenvalue weighted by molar-refractivity contribution is 0.100. The largest absolute Gasteiger partial charge is 0.365 e. The number of carbonyl (C=O) groups is 1. The summed E-state index contributed by atoms with van der Waals surface area (Å²) >= 11 is 11.9. The molecule has 8 heteroatoms. The standard InChI is InChI=1S/C14H11Cl2N5O/c15-10-2-1-8(5-11(10)16)7-19-12-6-9(13(17)22)14-18-3-4-21(14)20-12/h1-6H,7H2,(H2,17,22)(H,19,20). The number of nitrogens with zero attached hydrogens (tertiary/aromatic N) is 3. The number of primary amides is 1. The predicted molar refractivity (Wildman–Crippen MR) is 85.3 cm³/mol. The summed E-state index contributed by atoms with van der Waals surface area (Å²) in [7, 11) is 0. The number of hydrogen-bond donors (Lipinski definition) is 2. The van der Waals surface area contributed by atoms with E-state index in [1.165, 1.54) is 4.52 Å². The van der Waals surface area contributed by atoms with Crippen LogP contribution in [-0.4, -0.2) is 20.5 Å². The second-order valence-electron chi connectivity index (χ2n) is 4.60. The molecule has 0 aliphatic rings. The first-order chi connectivity index (χ1) is 10.5. The number of nitrogens with two attached hydrogens (primary N) is 1. The molecule has 0 atom stereocenters. The van der Waals surface area contributed by atoms with Crippen molar-refractivity contribution in [1.82, 2.24) is 14.6 Å². The van der Waals surface area contributed by atoms with E-state index < -0.39 is 5.91 Å². The number of benzene rings is 1. The molecule has 0 unspecified atom stereocenters. The second-order valence-corrected chi connectivity index (χ2v) is 5.42. The molecule has 2 aromatic heterocycles. The highest BCUT2D eigenvalue weighted by Crippen LogP contribution is 2.23. The van der Waals surface area contributed by atoms with Crippen LogP contribution >= 0.6 is 23.2 Å². The zero-order valence-electron chi connectivity index (χ0n) is 11.3. The molecule has 3 aromatic rings. The molecule has 1 amide bonds. The van der Waals surface area contributed by atoms with Gasteiger partial charge < -0.3 is 11.1 Å².